The van der Waals surface area contributed by atoms with E-state index in [0.717, 1.165) is 38.7 Å². The molecule has 0 radical (unpaired) electrons. The van der Waals surface area contributed by atoms with Gasteiger partial charge in [-0.3, -0.25) is 4.99 Å². The standard InChI is InChI=1S/C16H32N4/c1-6-19(7-2)8-9-20-14(17)18-12-16(20)11-15(4,5)10-13(16)3/h13H,6-12H2,1-5H3,(H2,17,18). The lowest BCUT2D eigenvalue weighted by Gasteiger charge is -2.41. The molecule has 0 amide bonds. The Morgan fingerprint density at radius 3 is 2.50 bits per heavy atom. The molecule has 2 N–H and O–H groups in total. The topological polar surface area (TPSA) is 44.9 Å². The van der Waals surface area contributed by atoms with Crippen LogP contribution in [0.15, 0.2) is 4.99 Å². The molecule has 4 nitrogen and oxygen atoms in total. The fraction of sp³-hybridized carbons (Fsp3) is 0.938. The summed E-state index contributed by atoms with van der Waals surface area (Å²) in [6, 6.07) is 0. The van der Waals surface area contributed by atoms with Crippen molar-refractivity contribution in [1.82, 2.24) is 9.80 Å². The summed E-state index contributed by atoms with van der Waals surface area (Å²) in [4.78, 5) is 9.48. The van der Waals surface area contributed by atoms with Gasteiger partial charge < -0.3 is 15.5 Å². The summed E-state index contributed by atoms with van der Waals surface area (Å²) in [6.45, 7) is 16.8. The van der Waals surface area contributed by atoms with Gasteiger partial charge in [0.15, 0.2) is 5.96 Å². The van der Waals surface area contributed by atoms with Gasteiger partial charge in [-0.15, -0.1) is 0 Å². The predicted molar refractivity (Wildman–Crippen MR) is 85.9 cm³/mol. The van der Waals surface area contributed by atoms with E-state index in [-0.39, 0.29) is 5.54 Å². The third kappa shape index (κ3) is 2.67. The van der Waals surface area contributed by atoms with Gasteiger partial charge in [0.25, 0.3) is 0 Å². The molecule has 0 aromatic rings. The fourth-order valence-corrected chi connectivity index (χ4v) is 4.40. The van der Waals surface area contributed by atoms with Crippen LogP contribution in [-0.4, -0.2) is 54.0 Å². The molecule has 0 saturated heterocycles. The van der Waals surface area contributed by atoms with Crippen LogP contribution in [0, 0.1) is 11.3 Å². The molecule has 0 bridgehead atoms. The average Bonchev–Trinajstić information content (AvgIpc) is 2.80. The van der Waals surface area contributed by atoms with E-state index in [2.05, 4.69) is 49.4 Å². The first-order valence-corrected chi connectivity index (χ1v) is 8.14. The quantitative estimate of drug-likeness (QED) is 0.839. The summed E-state index contributed by atoms with van der Waals surface area (Å²) in [5, 5.41) is 0. The number of nitrogens with two attached hydrogens (primary N) is 1. The van der Waals surface area contributed by atoms with Crippen molar-refractivity contribution < 1.29 is 0 Å². The van der Waals surface area contributed by atoms with Gasteiger partial charge in [0.05, 0.1) is 12.1 Å². The Hall–Kier alpha value is -0.770. The molecule has 2 atom stereocenters. The van der Waals surface area contributed by atoms with Crippen molar-refractivity contribution in [3.8, 4) is 0 Å². The van der Waals surface area contributed by atoms with Gasteiger partial charge >= 0.3 is 0 Å². The molecule has 2 unspecified atom stereocenters. The van der Waals surface area contributed by atoms with Gasteiger partial charge in [0, 0.05) is 13.1 Å². The van der Waals surface area contributed by atoms with E-state index in [0.29, 0.717) is 11.3 Å². The Kier molecular flexibility index (Phi) is 4.33. The lowest BCUT2D eigenvalue weighted by Crippen LogP contribution is -2.55. The van der Waals surface area contributed by atoms with Crippen LogP contribution in [0.5, 0.6) is 0 Å². The maximum absolute atomic E-state index is 6.21. The van der Waals surface area contributed by atoms with Crippen LogP contribution in [0.3, 0.4) is 0 Å². The Balaban J connectivity index is 2.10. The Morgan fingerprint density at radius 1 is 1.35 bits per heavy atom. The summed E-state index contributed by atoms with van der Waals surface area (Å²) in [6.07, 6.45) is 2.49. The molecule has 20 heavy (non-hydrogen) atoms. The molecule has 1 spiro atoms. The zero-order chi connectivity index (χ0) is 15.0. The first-order valence-electron chi connectivity index (χ1n) is 8.14. The zero-order valence-corrected chi connectivity index (χ0v) is 13.9. The molecule has 1 aliphatic heterocycles. The normalized spacial score (nSPS) is 32.4. The number of rotatable bonds is 5. The monoisotopic (exact) mass is 280 g/mol. The molecule has 1 aliphatic carbocycles. The minimum Gasteiger partial charge on any atom is -0.370 e. The second kappa shape index (κ2) is 5.55. The van der Waals surface area contributed by atoms with E-state index in [9.17, 15) is 0 Å². The van der Waals surface area contributed by atoms with Crippen molar-refractivity contribution in [2.45, 2.75) is 53.0 Å². The number of nitrogens with zero attached hydrogens (tertiary/aromatic N) is 3. The van der Waals surface area contributed by atoms with Gasteiger partial charge in [-0.1, -0.05) is 34.6 Å². The van der Waals surface area contributed by atoms with E-state index in [1.54, 1.807) is 0 Å². The van der Waals surface area contributed by atoms with E-state index in [1.165, 1.54) is 12.8 Å². The van der Waals surface area contributed by atoms with Gasteiger partial charge in [-0.25, -0.2) is 0 Å². The summed E-state index contributed by atoms with van der Waals surface area (Å²) in [5.41, 5.74) is 6.80. The number of hydrogen-bond donors (Lipinski definition) is 1. The van der Waals surface area contributed by atoms with Crippen LogP contribution in [0.2, 0.25) is 0 Å². The highest BCUT2D eigenvalue weighted by Gasteiger charge is 2.54. The van der Waals surface area contributed by atoms with Crippen LogP contribution in [0.4, 0.5) is 0 Å². The highest BCUT2D eigenvalue weighted by molar-refractivity contribution is 5.81. The van der Waals surface area contributed by atoms with Crippen molar-refractivity contribution in [2.75, 3.05) is 32.7 Å². The fourth-order valence-electron chi connectivity index (χ4n) is 4.40. The minimum absolute atomic E-state index is 0.181. The van der Waals surface area contributed by atoms with Gasteiger partial charge in [0.1, 0.15) is 0 Å². The molecular formula is C16H32N4. The largest absolute Gasteiger partial charge is 0.370 e. The highest BCUT2D eigenvalue weighted by Crippen LogP contribution is 2.51. The summed E-state index contributed by atoms with van der Waals surface area (Å²) >= 11 is 0. The van der Waals surface area contributed by atoms with E-state index >= 15 is 0 Å². The third-order valence-corrected chi connectivity index (χ3v) is 5.42. The molecule has 0 aromatic heterocycles. The molecular weight excluding hydrogens is 248 g/mol. The third-order valence-electron chi connectivity index (χ3n) is 5.42. The maximum Gasteiger partial charge on any atom is 0.191 e. The van der Waals surface area contributed by atoms with Crippen molar-refractivity contribution in [3.05, 3.63) is 0 Å². The van der Waals surface area contributed by atoms with Crippen LogP contribution in [-0.2, 0) is 0 Å². The lowest BCUT2D eigenvalue weighted by atomic mass is 9.85. The molecule has 1 fully saturated rings. The summed E-state index contributed by atoms with van der Waals surface area (Å²) in [5.74, 6) is 1.43. The van der Waals surface area contributed by atoms with E-state index in [1.807, 2.05) is 0 Å². The van der Waals surface area contributed by atoms with Crippen molar-refractivity contribution >= 4 is 5.96 Å². The average molecular weight is 280 g/mol. The second-order valence-electron chi connectivity index (χ2n) is 7.40. The molecule has 2 aliphatic rings. The molecule has 116 valence electrons. The highest BCUT2D eigenvalue weighted by atomic mass is 15.4. The zero-order valence-electron chi connectivity index (χ0n) is 13.9. The Morgan fingerprint density at radius 2 is 2.00 bits per heavy atom. The van der Waals surface area contributed by atoms with Gasteiger partial charge in [0.2, 0.25) is 0 Å². The van der Waals surface area contributed by atoms with Gasteiger partial charge in [-0.05, 0) is 37.3 Å². The Bertz CT molecular complexity index is 373. The van der Waals surface area contributed by atoms with Gasteiger partial charge in [-0.2, -0.15) is 0 Å². The van der Waals surface area contributed by atoms with E-state index < -0.39 is 0 Å². The lowest BCUT2D eigenvalue weighted by molar-refractivity contribution is 0.133. The number of hydrogen-bond acceptors (Lipinski definition) is 4. The number of likely N-dealkylation sites (N-methyl/N-ethyl adjacent to an activating group) is 1. The molecule has 1 saturated carbocycles. The summed E-state index contributed by atoms with van der Waals surface area (Å²) in [7, 11) is 0. The van der Waals surface area contributed by atoms with Crippen molar-refractivity contribution in [1.29, 1.82) is 0 Å². The summed E-state index contributed by atoms with van der Waals surface area (Å²) < 4.78 is 0. The maximum atomic E-state index is 6.21. The number of guanidine groups is 1. The molecule has 4 heteroatoms. The first-order chi connectivity index (χ1) is 9.34. The van der Waals surface area contributed by atoms with Crippen LogP contribution in [0.25, 0.3) is 0 Å². The minimum atomic E-state index is 0.181. The van der Waals surface area contributed by atoms with Crippen molar-refractivity contribution in [3.63, 3.8) is 0 Å². The predicted octanol–water partition coefficient (Wildman–Crippen LogP) is 2.15. The SMILES string of the molecule is CCN(CC)CCN1C(N)=NCC12CC(C)(C)CC2C. The smallest absolute Gasteiger partial charge is 0.191 e. The van der Waals surface area contributed by atoms with Crippen LogP contribution >= 0.6 is 0 Å². The molecule has 1 heterocycles. The number of aliphatic imine (C=N–C) groups is 1. The first kappa shape index (κ1) is 15.6. The van der Waals surface area contributed by atoms with E-state index in [4.69, 9.17) is 5.73 Å². The molecule has 2 rings (SSSR count). The van der Waals surface area contributed by atoms with Crippen molar-refractivity contribution in [2.24, 2.45) is 22.1 Å². The second-order valence-corrected chi connectivity index (χ2v) is 7.40. The van der Waals surface area contributed by atoms with Crippen LogP contribution < -0.4 is 5.73 Å². The Labute approximate surface area is 124 Å². The molecule has 0 aromatic carbocycles. The van der Waals surface area contributed by atoms with Crippen LogP contribution in [0.1, 0.15) is 47.5 Å².